The van der Waals surface area contributed by atoms with Gasteiger partial charge in [-0.15, -0.1) is 0 Å². The molecule has 1 aliphatic heterocycles. The maximum Gasteiger partial charge on any atom is 0.280 e. The predicted octanol–water partition coefficient (Wildman–Crippen LogP) is 0.979. The highest BCUT2D eigenvalue weighted by Crippen LogP contribution is 2.28. The van der Waals surface area contributed by atoms with E-state index >= 15 is 0 Å². The second-order valence-electron chi connectivity index (χ2n) is 4.72. The van der Waals surface area contributed by atoms with Crippen molar-refractivity contribution in [3.05, 3.63) is 29.2 Å². The highest BCUT2D eigenvalue weighted by molar-refractivity contribution is 5.96. The number of anilines is 1. The lowest BCUT2D eigenvalue weighted by Crippen LogP contribution is -2.41. The van der Waals surface area contributed by atoms with Gasteiger partial charge in [0.05, 0.1) is 6.04 Å². The second-order valence-corrected chi connectivity index (χ2v) is 4.72. The smallest absolute Gasteiger partial charge is 0.280 e. The molecular weight excluding hydrogens is 246 g/mol. The molecule has 1 atom stereocenters. The van der Waals surface area contributed by atoms with Crippen molar-refractivity contribution in [2.75, 3.05) is 12.3 Å². The molecule has 2 aromatic heterocycles. The summed E-state index contributed by atoms with van der Waals surface area (Å²) in [6.45, 7) is 5.45. The molecule has 100 valence electrons. The monoisotopic (exact) mass is 261 g/mol. The van der Waals surface area contributed by atoms with Gasteiger partial charge in [0.15, 0.2) is 0 Å². The third-order valence-corrected chi connectivity index (χ3v) is 3.67. The van der Waals surface area contributed by atoms with Crippen LogP contribution < -0.4 is 5.73 Å². The van der Waals surface area contributed by atoms with E-state index in [1.807, 2.05) is 13.0 Å². The van der Waals surface area contributed by atoms with Crippen molar-refractivity contribution >= 4 is 11.7 Å². The number of carbonyl (C=O) groups is 1. The summed E-state index contributed by atoms with van der Waals surface area (Å²) in [4.78, 5) is 14.1. The van der Waals surface area contributed by atoms with E-state index in [0.29, 0.717) is 6.54 Å². The van der Waals surface area contributed by atoms with Crippen molar-refractivity contribution in [2.24, 2.45) is 0 Å². The summed E-state index contributed by atoms with van der Waals surface area (Å²) < 4.78 is 6.71. The first kappa shape index (κ1) is 11.8. The summed E-state index contributed by atoms with van der Waals surface area (Å²) in [6, 6.07) is 4.08. The number of carbonyl (C=O) groups excluding carboxylic acids is 1. The molecule has 1 aliphatic rings. The van der Waals surface area contributed by atoms with Crippen molar-refractivity contribution in [1.82, 2.24) is 19.8 Å². The van der Waals surface area contributed by atoms with E-state index in [1.54, 1.807) is 4.90 Å². The molecule has 0 bridgehead atoms. The van der Waals surface area contributed by atoms with Crippen LogP contribution >= 0.6 is 0 Å². The SMILES string of the molecule is Cc1ccc2n1CCN(C(=O)c1nonc1N)C2C. The molecule has 19 heavy (non-hydrogen) atoms. The van der Waals surface area contributed by atoms with Crippen molar-refractivity contribution in [3.8, 4) is 0 Å². The molecule has 2 N–H and O–H groups in total. The summed E-state index contributed by atoms with van der Waals surface area (Å²) in [6.07, 6.45) is 0. The molecule has 0 saturated heterocycles. The predicted molar refractivity (Wildman–Crippen MR) is 67.3 cm³/mol. The summed E-state index contributed by atoms with van der Waals surface area (Å²) in [5.74, 6) is -0.203. The Bertz CT molecular complexity index is 630. The van der Waals surface area contributed by atoms with Crippen LogP contribution in [0.3, 0.4) is 0 Å². The molecule has 0 spiro atoms. The van der Waals surface area contributed by atoms with Gasteiger partial charge in [-0.2, -0.15) is 0 Å². The van der Waals surface area contributed by atoms with Crippen LogP contribution in [0.1, 0.15) is 34.8 Å². The van der Waals surface area contributed by atoms with E-state index in [4.69, 9.17) is 5.73 Å². The summed E-state index contributed by atoms with van der Waals surface area (Å²) in [7, 11) is 0. The molecule has 7 nitrogen and oxygen atoms in total. The summed E-state index contributed by atoms with van der Waals surface area (Å²) in [5.41, 5.74) is 7.98. The van der Waals surface area contributed by atoms with Crippen LogP contribution in [0.5, 0.6) is 0 Å². The van der Waals surface area contributed by atoms with Gasteiger partial charge in [-0.1, -0.05) is 0 Å². The number of hydrogen-bond acceptors (Lipinski definition) is 5. The first-order valence-corrected chi connectivity index (χ1v) is 6.14. The van der Waals surface area contributed by atoms with Gasteiger partial charge in [0, 0.05) is 24.5 Å². The van der Waals surface area contributed by atoms with Crippen LogP contribution in [0.15, 0.2) is 16.8 Å². The number of aryl methyl sites for hydroxylation is 1. The van der Waals surface area contributed by atoms with Crippen molar-refractivity contribution < 1.29 is 9.42 Å². The molecule has 0 aliphatic carbocycles. The van der Waals surface area contributed by atoms with Crippen molar-refractivity contribution in [2.45, 2.75) is 26.4 Å². The number of nitrogen functional groups attached to an aromatic ring is 1. The van der Waals surface area contributed by atoms with Crippen LogP contribution in [0.4, 0.5) is 5.82 Å². The normalized spacial score (nSPS) is 18.4. The molecule has 1 amide bonds. The third-order valence-electron chi connectivity index (χ3n) is 3.67. The average Bonchev–Trinajstić information content (AvgIpc) is 2.97. The van der Waals surface area contributed by atoms with Gasteiger partial charge >= 0.3 is 0 Å². The van der Waals surface area contributed by atoms with Gasteiger partial charge in [-0.3, -0.25) is 4.79 Å². The zero-order valence-corrected chi connectivity index (χ0v) is 10.8. The fourth-order valence-electron chi connectivity index (χ4n) is 2.58. The van der Waals surface area contributed by atoms with Crippen LogP contribution in [-0.2, 0) is 6.54 Å². The fourth-order valence-corrected chi connectivity index (χ4v) is 2.58. The summed E-state index contributed by atoms with van der Waals surface area (Å²) in [5, 5.41) is 7.02. The van der Waals surface area contributed by atoms with Crippen LogP contribution in [0, 0.1) is 6.92 Å². The number of nitrogens with zero attached hydrogens (tertiary/aromatic N) is 4. The quantitative estimate of drug-likeness (QED) is 0.826. The van der Waals surface area contributed by atoms with Gasteiger partial charge < -0.3 is 15.2 Å². The van der Waals surface area contributed by atoms with Crippen LogP contribution in [-0.4, -0.2) is 32.2 Å². The van der Waals surface area contributed by atoms with E-state index < -0.39 is 0 Å². The zero-order chi connectivity index (χ0) is 13.6. The fraction of sp³-hybridized carbons (Fsp3) is 0.417. The number of hydrogen-bond donors (Lipinski definition) is 1. The Morgan fingerprint density at radius 1 is 1.42 bits per heavy atom. The minimum atomic E-state index is -0.239. The molecule has 0 fully saturated rings. The minimum absolute atomic E-state index is 0.0222. The molecule has 3 rings (SSSR count). The lowest BCUT2D eigenvalue weighted by molar-refractivity contribution is 0.0632. The number of amides is 1. The lowest BCUT2D eigenvalue weighted by atomic mass is 10.1. The standard InChI is InChI=1S/C12H15N5O2/c1-7-3-4-9-8(2)17(6-5-16(7)9)12(18)10-11(13)15-19-14-10/h3-4,8H,5-6H2,1-2H3,(H2,13,15). The van der Waals surface area contributed by atoms with Crippen molar-refractivity contribution in [3.63, 3.8) is 0 Å². The number of nitrogens with two attached hydrogens (primary N) is 1. The Kier molecular flexibility index (Phi) is 2.55. The molecule has 0 aromatic carbocycles. The summed E-state index contributed by atoms with van der Waals surface area (Å²) >= 11 is 0. The van der Waals surface area contributed by atoms with E-state index in [1.165, 1.54) is 5.69 Å². The third kappa shape index (κ3) is 1.69. The highest BCUT2D eigenvalue weighted by Gasteiger charge is 2.31. The molecule has 0 saturated carbocycles. The molecule has 1 unspecified atom stereocenters. The van der Waals surface area contributed by atoms with Crippen LogP contribution in [0.25, 0.3) is 0 Å². The highest BCUT2D eigenvalue weighted by atomic mass is 16.6. The Labute approximate surface area is 109 Å². The van der Waals surface area contributed by atoms with Crippen LogP contribution in [0.2, 0.25) is 0 Å². The first-order valence-electron chi connectivity index (χ1n) is 6.14. The van der Waals surface area contributed by atoms with Gasteiger partial charge in [0.2, 0.25) is 11.5 Å². The molecule has 0 radical (unpaired) electrons. The number of aromatic nitrogens is 3. The second kappa shape index (κ2) is 4.11. The van der Waals surface area contributed by atoms with E-state index in [0.717, 1.165) is 12.2 Å². The van der Waals surface area contributed by atoms with Gasteiger partial charge in [0.1, 0.15) is 0 Å². The maximum atomic E-state index is 12.4. The lowest BCUT2D eigenvalue weighted by Gasteiger charge is -2.34. The Balaban J connectivity index is 1.92. The number of fused-ring (bicyclic) bond motifs is 1. The van der Waals surface area contributed by atoms with Crippen molar-refractivity contribution in [1.29, 1.82) is 0 Å². The van der Waals surface area contributed by atoms with Gasteiger partial charge in [-0.25, -0.2) is 4.63 Å². The van der Waals surface area contributed by atoms with Gasteiger partial charge in [0.25, 0.3) is 5.91 Å². The van der Waals surface area contributed by atoms with E-state index in [-0.39, 0.29) is 23.5 Å². The Morgan fingerprint density at radius 2 is 2.21 bits per heavy atom. The average molecular weight is 261 g/mol. The van der Waals surface area contributed by atoms with E-state index in [9.17, 15) is 4.79 Å². The molecular formula is C12H15N5O2. The molecule has 7 heteroatoms. The van der Waals surface area contributed by atoms with E-state index in [2.05, 4.69) is 32.5 Å². The largest absolute Gasteiger partial charge is 0.379 e. The molecule has 2 aromatic rings. The molecule has 3 heterocycles. The maximum absolute atomic E-state index is 12.4. The topological polar surface area (TPSA) is 90.2 Å². The van der Waals surface area contributed by atoms with Gasteiger partial charge in [-0.05, 0) is 36.3 Å². The Morgan fingerprint density at radius 3 is 2.89 bits per heavy atom. The number of rotatable bonds is 1. The minimum Gasteiger partial charge on any atom is -0.379 e. The zero-order valence-electron chi connectivity index (χ0n) is 10.8. The first-order chi connectivity index (χ1) is 9.09. The Hall–Kier alpha value is -2.31.